The van der Waals surface area contributed by atoms with Gasteiger partial charge < -0.3 is 10.6 Å². The van der Waals surface area contributed by atoms with Crippen molar-refractivity contribution < 1.29 is 0 Å². The maximum Gasteiger partial charge on any atom is 0.224 e. The monoisotopic (exact) mass is 206 g/mol. The van der Waals surface area contributed by atoms with Gasteiger partial charge in [-0.2, -0.15) is 4.98 Å². The van der Waals surface area contributed by atoms with Gasteiger partial charge in [0.1, 0.15) is 5.82 Å². The molecule has 0 amide bonds. The van der Waals surface area contributed by atoms with Crippen molar-refractivity contribution in [2.45, 2.75) is 38.1 Å². The molecule has 15 heavy (non-hydrogen) atoms. The van der Waals surface area contributed by atoms with Gasteiger partial charge in [-0.15, -0.1) is 0 Å². The zero-order valence-corrected chi connectivity index (χ0v) is 9.38. The third kappa shape index (κ3) is 2.37. The largest absolute Gasteiger partial charge is 0.365 e. The summed E-state index contributed by atoms with van der Waals surface area (Å²) in [5, 5.41) is 6.44. The Balaban J connectivity index is 2.09. The molecule has 4 heteroatoms. The molecule has 1 aromatic rings. The van der Waals surface area contributed by atoms with E-state index in [1.807, 2.05) is 13.1 Å². The fourth-order valence-corrected chi connectivity index (χ4v) is 2.14. The van der Waals surface area contributed by atoms with Gasteiger partial charge in [0.2, 0.25) is 5.95 Å². The molecule has 1 aromatic heterocycles. The Bertz CT molecular complexity index is 331. The molecule has 0 radical (unpaired) electrons. The first-order valence-corrected chi connectivity index (χ1v) is 5.51. The fraction of sp³-hybridized carbons (Fsp3) is 0.636. The maximum absolute atomic E-state index is 4.37. The summed E-state index contributed by atoms with van der Waals surface area (Å²) in [6.45, 7) is 2.27. The van der Waals surface area contributed by atoms with Crippen LogP contribution in [0.25, 0.3) is 0 Å². The minimum absolute atomic E-state index is 0.222. The average molecular weight is 206 g/mol. The van der Waals surface area contributed by atoms with Crippen molar-refractivity contribution in [3.8, 4) is 0 Å². The summed E-state index contributed by atoms with van der Waals surface area (Å²) in [5.74, 6) is 1.58. The SMILES string of the molecule is CNc1nccc(NC2(C)CCCC2)n1. The Morgan fingerprint density at radius 3 is 2.73 bits per heavy atom. The highest BCUT2D eigenvalue weighted by Crippen LogP contribution is 2.31. The summed E-state index contributed by atoms with van der Waals surface area (Å²) < 4.78 is 0. The molecule has 4 nitrogen and oxygen atoms in total. The molecule has 1 aliphatic carbocycles. The number of aromatic nitrogens is 2. The first-order chi connectivity index (χ1) is 7.22. The van der Waals surface area contributed by atoms with Crippen LogP contribution < -0.4 is 10.6 Å². The maximum atomic E-state index is 4.37. The molecule has 0 spiro atoms. The smallest absolute Gasteiger partial charge is 0.224 e. The van der Waals surface area contributed by atoms with Crippen LogP contribution in [-0.2, 0) is 0 Å². The van der Waals surface area contributed by atoms with E-state index in [0.29, 0.717) is 5.95 Å². The van der Waals surface area contributed by atoms with Crippen LogP contribution in [0.15, 0.2) is 12.3 Å². The molecule has 0 unspecified atom stereocenters. The Morgan fingerprint density at radius 2 is 2.07 bits per heavy atom. The van der Waals surface area contributed by atoms with E-state index in [0.717, 1.165) is 5.82 Å². The summed E-state index contributed by atoms with van der Waals surface area (Å²) in [5.41, 5.74) is 0.222. The number of hydrogen-bond donors (Lipinski definition) is 2. The first kappa shape index (κ1) is 10.2. The topological polar surface area (TPSA) is 49.8 Å². The molecule has 1 heterocycles. The van der Waals surface area contributed by atoms with Crippen molar-refractivity contribution in [1.82, 2.24) is 9.97 Å². The van der Waals surface area contributed by atoms with Crippen LogP contribution >= 0.6 is 0 Å². The fourth-order valence-electron chi connectivity index (χ4n) is 2.14. The van der Waals surface area contributed by atoms with Crippen LogP contribution in [0.2, 0.25) is 0 Å². The van der Waals surface area contributed by atoms with Gasteiger partial charge in [-0.1, -0.05) is 12.8 Å². The summed E-state index contributed by atoms with van der Waals surface area (Å²) in [6.07, 6.45) is 6.86. The third-order valence-corrected chi connectivity index (χ3v) is 3.02. The van der Waals surface area contributed by atoms with Crippen molar-refractivity contribution in [1.29, 1.82) is 0 Å². The van der Waals surface area contributed by atoms with Crippen LogP contribution in [0.1, 0.15) is 32.6 Å². The van der Waals surface area contributed by atoms with Crippen LogP contribution in [0, 0.1) is 0 Å². The van der Waals surface area contributed by atoms with Gasteiger partial charge in [0.25, 0.3) is 0 Å². The number of nitrogens with one attached hydrogen (secondary N) is 2. The molecule has 0 atom stereocenters. The Hall–Kier alpha value is -1.32. The molecule has 2 rings (SSSR count). The predicted octanol–water partition coefficient (Wildman–Crippen LogP) is 2.26. The quantitative estimate of drug-likeness (QED) is 0.796. The lowest BCUT2D eigenvalue weighted by atomic mass is 10.0. The van der Waals surface area contributed by atoms with E-state index in [9.17, 15) is 0 Å². The lowest BCUT2D eigenvalue weighted by molar-refractivity contribution is 0.531. The normalized spacial score (nSPS) is 18.8. The number of nitrogens with zero attached hydrogens (tertiary/aromatic N) is 2. The molecule has 0 aliphatic heterocycles. The first-order valence-electron chi connectivity index (χ1n) is 5.51. The molecule has 0 aromatic carbocycles. The summed E-state index contributed by atoms with van der Waals surface area (Å²) in [6, 6.07) is 1.92. The number of anilines is 2. The van der Waals surface area contributed by atoms with E-state index in [4.69, 9.17) is 0 Å². The Labute approximate surface area is 90.5 Å². The molecule has 2 N–H and O–H groups in total. The molecule has 1 aliphatic rings. The van der Waals surface area contributed by atoms with Gasteiger partial charge in [-0.05, 0) is 25.8 Å². The minimum atomic E-state index is 0.222. The van der Waals surface area contributed by atoms with E-state index in [1.54, 1.807) is 6.20 Å². The lowest BCUT2D eigenvalue weighted by Crippen LogP contribution is -2.31. The van der Waals surface area contributed by atoms with Gasteiger partial charge >= 0.3 is 0 Å². The average Bonchev–Trinajstić information content (AvgIpc) is 2.65. The molecule has 0 saturated heterocycles. The lowest BCUT2D eigenvalue weighted by Gasteiger charge is -2.25. The van der Waals surface area contributed by atoms with E-state index < -0.39 is 0 Å². The minimum Gasteiger partial charge on any atom is -0.365 e. The zero-order valence-electron chi connectivity index (χ0n) is 9.38. The van der Waals surface area contributed by atoms with Crippen LogP contribution in [0.4, 0.5) is 11.8 Å². The summed E-state index contributed by atoms with van der Waals surface area (Å²) in [7, 11) is 1.83. The van der Waals surface area contributed by atoms with Crippen molar-refractivity contribution >= 4 is 11.8 Å². The van der Waals surface area contributed by atoms with E-state index in [-0.39, 0.29) is 5.54 Å². The number of rotatable bonds is 3. The van der Waals surface area contributed by atoms with E-state index in [1.165, 1.54) is 25.7 Å². The predicted molar refractivity (Wildman–Crippen MR) is 62.1 cm³/mol. The summed E-state index contributed by atoms with van der Waals surface area (Å²) >= 11 is 0. The highest BCUT2D eigenvalue weighted by atomic mass is 15.1. The van der Waals surface area contributed by atoms with Crippen LogP contribution in [0.3, 0.4) is 0 Å². The second kappa shape index (κ2) is 4.04. The van der Waals surface area contributed by atoms with Crippen molar-refractivity contribution in [2.24, 2.45) is 0 Å². The number of hydrogen-bond acceptors (Lipinski definition) is 4. The molecular weight excluding hydrogens is 188 g/mol. The highest BCUT2D eigenvalue weighted by Gasteiger charge is 2.28. The highest BCUT2D eigenvalue weighted by molar-refractivity contribution is 5.41. The second-order valence-electron chi connectivity index (χ2n) is 4.41. The van der Waals surface area contributed by atoms with E-state index in [2.05, 4.69) is 27.5 Å². The van der Waals surface area contributed by atoms with Gasteiger partial charge in [0.15, 0.2) is 0 Å². The van der Waals surface area contributed by atoms with Crippen LogP contribution in [-0.4, -0.2) is 22.6 Å². The van der Waals surface area contributed by atoms with Gasteiger partial charge in [-0.25, -0.2) is 4.98 Å². The summed E-state index contributed by atoms with van der Waals surface area (Å²) in [4.78, 5) is 8.46. The molecular formula is C11H18N4. The van der Waals surface area contributed by atoms with E-state index >= 15 is 0 Å². The molecule has 1 saturated carbocycles. The van der Waals surface area contributed by atoms with Crippen molar-refractivity contribution in [3.05, 3.63) is 12.3 Å². The van der Waals surface area contributed by atoms with Crippen LogP contribution in [0.5, 0.6) is 0 Å². The van der Waals surface area contributed by atoms with Crippen molar-refractivity contribution in [3.63, 3.8) is 0 Å². The second-order valence-corrected chi connectivity index (χ2v) is 4.41. The van der Waals surface area contributed by atoms with Gasteiger partial charge in [0, 0.05) is 18.8 Å². The zero-order chi connectivity index (χ0) is 10.7. The molecule has 82 valence electrons. The third-order valence-electron chi connectivity index (χ3n) is 3.02. The Kier molecular flexibility index (Phi) is 2.75. The molecule has 0 bridgehead atoms. The standard InChI is InChI=1S/C11H18N4/c1-11(6-3-4-7-11)15-9-5-8-13-10(12-2)14-9/h5,8H,3-4,6-7H2,1-2H3,(H2,12,13,14,15). The van der Waals surface area contributed by atoms with Gasteiger partial charge in [0.05, 0.1) is 0 Å². The Morgan fingerprint density at radius 1 is 1.33 bits per heavy atom. The molecule has 1 fully saturated rings. The van der Waals surface area contributed by atoms with Crippen molar-refractivity contribution in [2.75, 3.05) is 17.7 Å². The van der Waals surface area contributed by atoms with Gasteiger partial charge in [-0.3, -0.25) is 0 Å².